The van der Waals surface area contributed by atoms with Crippen LogP contribution in [0.4, 0.5) is 0 Å². The standard InChI is InChI=1S/C25H24N4O3/c1-3-13-32-22-12-9-17(14-23(22)31-2)16-26-29-25(30)19-10-11-20-21(15-19)28-24(27-20)18-7-5-4-6-8-18/h4-12,14-16H,3,13H2,1-2H3,(H,27,28)(H,29,30)/b26-16+. The van der Waals surface area contributed by atoms with Gasteiger partial charge in [-0.25, -0.2) is 10.4 Å². The summed E-state index contributed by atoms with van der Waals surface area (Å²) < 4.78 is 11.0. The van der Waals surface area contributed by atoms with Crippen LogP contribution < -0.4 is 14.9 Å². The predicted molar refractivity (Wildman–Crippen MR) is 125 cm³/mol. The number of nitrogens with one attached hydrogen (secondary N) is 2. The molecule has 0 fully saturated rings. The number of hydrogen-bond donors (Lipinski definition) is 2. The van der Waals surface area contributed by atoms with Gasteiger partial charge in [0.15, 0.2) is 11.5 Å². The van der Waals surface area contributed by atoms with Crippen LogP contribution in [0.3, 0.4) is 0 Å². The van der Waals surface area contributed by atoms with Crippen molar-refractivity contribution in [3.05, 3.63) is 77.9 Å². The summed E-state index contributed by atoms with van der Waals surface area (Å²) in [5, 5.41) is 4.07. The number of hydrogen-bond acceptors (Lipinski definition) is 5. The Morgan fingerprint density at radius 1 is 1.09 bits per heavy atom. The van der Waals surface area contributed by atoms with Crippen LogP contribution in [0.5, 0.6) is 11.5 Å². The number of aromatic nitrogens is 2. The Labute approximate surface area is 186 Å². The maximum atomic E-state index is 12.5. The van der Waals surface area contributed by atoms with E-state index in [2.05, 4.69) is 20.5 Å². The number of aromatic amines is 1. The molecule has 3 aromatic carbocycles. The minimum atomic E-state index is -0.311. The average Bonchev–Trinajstić information content (AvgIpc) is 3.27. The third-order valence-corrected chi connectivity index (χ3v) is 4.82. The third-order valence-electron chi connectivity index (χ3n) is 4.82. The van der Waals surface area contributed by atoms with Gasteiger partial charge in [-0.2, -0.15) is 5.10 Å². The second-order valence-corrected chi connectivity index (χ2v) is 7.14. The number of fused-ring (bicyclic) bond motifs is 1. The van der Waals surface area contributed by atoms with Gasteiger partial charge in [0, 0.05) is 11.1 Å². The summed E-state index contributed by atoms with van der Waals surface area (Å²) in [4.78, 5) is 20.4. The molecule has 0 spiro atoms. The van der Waals surface area contributed by atoms with Crippen LogP contribution in [-0.4, -0.2) is 35.8 Å². The van der Waals surface area contributed by atoms with Crippen molar-refractivity contribution in [2.24, 2.45) is 5.10 Å². The molecule has 0 atom stereocenters. The number of H-pyrrole nitrogens is 1. The lowest BCUT2D eigenvalue weighted by Crippen LogP contribution is -2.17. The highest BCUT2D eigenvalue weighted by Gasteiger charge is 2.10. The van der Waals surface area contributed by atoms with Crippen LogP contribution in [0, 0.1) is 0 Å². The first kappa shape index (κ1) is 21.1. The summed E-state index contributed by atoms with van der Waals surface area (Å²) in [7, 11) is 1.59. The lowest BCUT2D eigenvalue weighted by Gasteiger charge is -2.10. The van der Waals surface area contributed by atoms with Gasteiger partial charge >= 0.3 is 0 Å². The van der Waals surface area contributed by atoms with E-state index in [1.165, 1.54) is 0 Å². The molecule has 4 rings (SSSR count). The molecule has 0 aliphatic carbocycles. The first-order valence-corrected chi connectivity index (χ1v) is 10.4. The zero-order valence-corrected chi connectivity index (χ0v) is 18.0. The van der Waals surface area contributed by atoms with Gasteiger partial charge in [-0.15, -0.1) is 0 Å². The Bertz CT molecular complexity index is 1250. The molecule has 0 aliphatic rings. The SMILES string of the molecule is CCCOc1ccc(/C=N/NC(=O)c2ccc3nc(-c4ccccc4)[nH]c3c2)cc1OC. The molecule has 0 radical (unpaired) electrons. The number of ether oxygens (including phenoxy) is 2. The molecule has 0 bridgehead atoms. The van der Waals surface area contributed by atoms with Crippen molar-refractivity contribution in [3.8, 4) is 22.9 Å². The summed E-state index contributed by atoms with van der Waals surface area (Å²) in [5.41, 5.74) is 6.39. The molecule has 0 saturated carbocycles. The zero-order valence-electron chi connectivity index (χ0n) is 18.0. The van der Waals surface area contributed by atoms with E-state index in [1.54, 1.807) is 25.5 Å². The maximum absolute atomic E-state index is 12.5. The molecule has 1 heterocycles. The van der Waals surface area contributed by atoms with Crippen molar-refractivity contribution < 1.29 is 14.3 Å². The molecule has 0 saturated heterocycles. The number of carbonyl (C=O) groups excluding carboxylic acids is 1. The lowest BCUT2D eigenvalue weighted by atomic mass is 10.2. The normalized spacial score (nSPS) is 11.1. The molecule has 0 unspecified atom stereocenters. The second kappa shape index (κ2) is 9.78. The van der Waals surface area contributed by atoms with Gasteiger partial charge in [-0.05, 0) is 48.4 Å². The summed E-state index contributed by atoms with van der Waals surface area (Å²) in [6, 6.07) is 20.6. The van der Waals surface area contributed by atoms with Crippen molar-refractivity contribution in [2.75, 3.05) is 13.7 Å². The largest absolute Gasteiger partial charge is 0.493 e. The van der Waals surface area contributed by atoms with Crippen molar-refractivity contribution in [1.82, 2.24) is 15.4 Å². The molecule has 7 nitrogen and oxygen atoms in total. The molecule has 162 valence electrons. The van der Waals surface area contributed by atoms with Crippen LogP contribution in [0.15, 0.2) is 71.8 Å². The highest BCUT2D eigenvalue weighted by atomic mass is 16.5. The summed E-state index contributed by atoms with van der Waals surface area (Å²) >= 11 is 0. The molecular formula is C25H24N4O3. The number of amides is 1. The number of benzene rings is 3. The lowest BCUT2D eigenvalue weighted by molar-refractivity contribution is 0.0955. The number of methoxy groups -OCH3 is 1. The monoisotopic (exact) mass is 428 g/mol. The fourth-order valence-electron chi connectivity index (χ4n) is 3.21. The molecule has 0 aliphatic heterocycles. The van der Waals surface area contributed by atoms with E-state index in [9.17, 15) is 4.79 Å². The Hall–Kier alpha value is -4.13. The third kappa shape index (κ3) is 4.78. The fraction of sp³-hybridized carbons (Fsp3) is 0.160. The fourth-order valence-corrected chi connectivity index (χ4v) is 3.21. The van der Waals surface area contributed by atoms with Gasteiger partial charge in [0.25, 0.3) is 5.91 Å². The highest BCUT2D eigenvalue weighted by Crippen LogP contribution is 2.27. The van der Waals surface area contributed by atoms with Crippen LogP contribution in [0.25, 0.3) is 22.4 Å². The van der Waals surface area contributed by atoms with E-state index < -0.39 is 0 Å². The Morgan fingerprint density at radius 2 is 1.94 bits per heavy atom. The maximum Gasteiger partial charge on any atom is 0.271 e. The van der Waals surface area contributed by atoms with E-state index in [1.807, 2.05) is 61.5 Å². The van der Waals surface area contributed by atoms with Crippen LogP contribution in [0.2, 0.25) is 0 Å². The van der Waals surface area contributed by atoms with E-state index in [0.717, 1.165) is 34.4 Å². The number of nitrogens with zero attached hydrogens (tertiary/aromatic N) is 2. The second-order valence-electron chi connectivity index (χ2n) is 7.14. The smallest absolute Gasteiger partial charge is 0.271 e. The van der Waals surface area contributed by atoms with Crippen LogP contribution in [0.1, 0.15) is 29.3 Å². The van der Waals surface area contributed by atoms with Crippen molar-refractivity contribution in [2.45, 2.75) is 13.3 Å². The Morgan fingerprint density at radius 3 is 2.72 bits per heavy atom. The predicted octanol–water partition coefficient (Wildman–Crippen LogP) is 4.79. The van der Waals surface area contributed by atoms with Crippen LogP contribution in [-0.2, 0) is 0 Å². The van der Waals surface area contributed by atoms with E-state index in [-0.39, 0.29) is 5.91 Å². The molecule has 2 N–H and O–H groups in total. The Kier molecular flexibility index (Phi) is 6.46. The summed E-state index contributed by atoms with van der Waals surface area (Å²) in [6.45, 7) is 2.66. The molecule has 1 aromatic heterocycles. The number of hydrazone groups is 1. The minimum absolute atomic E-state index is 0.311. The highest BCUT2D eigenvalue weighted by molar-refractivity contribution is 5.98. The number of carbonyl (C=O) groups is 1. The summed E-state index contributed by atoms with van der Waals surface area (Å²) in [5.74, 6) is 1.75. The first-order valence-electron chi connectivity index (χ1n) is 10.4. The van der Waals surface area contributed by atoms with Gasteiger partial charge in [0.05, 0.1) is 31.0 Å². The van der Waals surface area contributed by atoms with Gasteiger partial charge in [-0.3, -0.25) is 4.79 Å². The van der Waals surface area contributed by atoms with Gasteiger partial charge in [0.1, 0.15) is 5.82 Å². The van der Waals surface area contributed by atoms with Crippen molar-refractivity contribution in [1.29, 1.82) is 0 Å². The quantitative estimate of drug-likeness (QED) is 0.312. The molecule has 4 aromatic rings. The average molecular weight is 428 g/mol. The molecule has 32 heavy (non-hydrogen) atoms. The molecule has 7 heteroatoms. The van der Waals surface area contributed by atoms with E-state index in [4.69, 9.17) is 9.47 Å². The van der Waals surface area contributed by atoms with Gasteiger partial charge < -0.3 is 14.5 Å². The zero-order chi connectivity index (χ0) is 22.3. The number of imidazole rings is 1. The molecular weight excluding hydrogens is 404 g/mol. The topological polar surface area (TPSA) is 88.6 Å². The Balaban J connectivity index is 1.45. The van der Waals surface area contributed by atoms with E-state index in [0.29, 0.717) is 23.7 Å². The minimum Gasteiger partial charge on any atom is -0.493 e. The first-order chi connectivity index (χ1) is 15.7. The van der Waals surface area contributed by atoms with Crippen molar-refractivity contribution in [3.63, 3.8) is 0 Å². The van der Waals surface area contributed by atoms with E-state index >= 15 is 0 Å². The van der Waals surface area contributed by atoms with Crippen molar-refractivity contribution >= 4 is 23.2 Å². The summed E-state index contributed by atoms with van der Waals surface area (Å²) in [6.07, 6.45) is 2.47. The van der Waals surface area contributed by atoms with Gasteiger partial charge in [0.2, 0.25) is 0 Å². The number of rotatable bonds is 8. The van der Waals surface area contributed by atoms with Gasteiger partial charge in [-0.1, -0.05) is 37.3 Å². The molecule has 1 amide bonds. The van der Waals surface area contributed by atoms with Crippen LogP contribution >= 0.6 is 0 Å².